The summed E-state index contributed by atoms with van der Waals surface area (Å²) in [6, 6.07) is 30.6. The Morgan fingerprint density at radius 3 is 2.13 bits per heavy atom. The molecule has 9 nitrogen and oxygen atoms in total. The van der Waals surface area contributed by atoms with Crippen LogP contribution in [0.2, 0.25) is 0 Å². The molecule has 4 aromatic carbocycles. The number of amides is 2. The van der Waals surface area contributed by atoms with E-state index in [1.54, 1.807) is 55.6 Å². The molecule has 0 saturated heterocycles. The van der Waals surface area contributed by atoms with E-state index in [0.717, 1.165) is 41.1 Å². The largest absolute Gasteiger partial charge is 0.497 e. The van der Waals surface area contributed by atoms with Crippen molar-refractivity contribution in [2.45, 2.75) is 55.6 Å². The van der Waals surface area contributed by atoms with Crippen molar-refractivity contribution in [1.82, 2.24) is 10.2 Å². The third-order valence-electron chi connectivity index (χ3n) is 8.42. The zero-order valence-corrected chi connectivity index (χ0v) is 27.6. The quantitative estimate of drug-likeness (QED) is 0.190. The van der Waals surface area contributed by atoms with E-state index >= 15 is 0 Å². The molecule has 0 radical (unpaired) electrons. The van der Waals surface area contributed by atoms with Crippen molar-refractivity contribution in [1.29, 1.82) is 0 Å². The lowest BCUT2D eigenvalue weighted by molar-refractivity contribution is -0.140. The van der Waals surface area contributed by atoms with Gasteiger partial charge in [-0.3, -0.25) is 13.9 Å². The minimum atomic E-state index is -4.24. The minimum Gasteiger partial charge on any atom is -0.497 e. The summed E-state index contributed by atoms with van der Waals surface area (Å²) in [7, 11) is -1.22. The Balaban J connectivity index is 1.59. The Bertz CT molecular complexity index is 1740. The first-order chi connectivity index (χ1) is 22.8. The molecule has 0 bridgehead atoms. The molecule has 1 unspecified atom stereocenters. The predicted molar refractivity (Wildman–Crippen MR) is 182 cm³/mol. The smallest absolute Gasteiger partial charge is 0.264 e. The number of methoxy groups -OCH3 is 2. The van der Waals surface area contributed by atoms with Crippen LogP contribution in [0.3, 0.4) is 0 Å². The number of hydrogen-bond acceptors (Lipinski definition) is 6. The van der Waals surface area contributed by atoms with Gasteiger partial charge in [0, 0.05) is 19.0 Å². The third-order valence-corrected chi connectivity index (χ3v) is 10.2. The fraction of sp³-hybridized carbons (Fsp3) is 0.297. The fourth-order valence-electron chi connectivity index (χ4n) is 5.96. The first kappa shape index (κ1) is 33.5. The Hall–Kier alpha value is -4.83. The lowest BCUT2D eigenvalue weighted by Crippen LogP contribution is -2.54. The fourth-order valence-corrected chi connectivity index (χ4v) is 7.40. The average molecular weight is 656 g/mol. The van der Waals surface area contributed by atoms with Crippen LogP contribution in [0.5, 0.6) is 11.5 Å². The number of benzene rings is 4. The summed E-state index contributed by atoms with van der Waals surface area (Å²) in [5, 5.41) is 3.19. The van der Waals surface area contributed by atoms with Crippen LogP contribution in [0.4, 0.5) is 5.69 Å². The highest BCUT2D eigenvalue weighted by molar-refractivity contribution is 7.92. The van der Waals surface area contributed by atoms with Gasteiger partial charge in [0.1, 0.15) is 24.1 Å². The summed E-state index contributed by atoms with van der Waals surface area (Å²) >= 11 is 0. The summed E-state index contributed by atoms with van der Waals surface area (Å²) in [4.78, 5) is 30.4. The minimum absolute atomic E-state index is 0.0258. The molecule has 1 N–H and O–H groups in total. The van der Waals surface area contributed by atoms with Crippen molar-refractivity contribution in [2.75, 3.05) is 25.1 Å². The number of ether oxygens (including phenoxy) is 2. The van der Waals surface area contributed by atoms with Crippen LogP contribution in [-0.4, -0.2) is 58.0 Å². The molecular formula is C37H41N3O6S. The Labute approximate surface area is 277 Å². The zero-order chi connectivity index (χ0) is 33.2. The van der Waals surface area contributed by atoms with Crippen LogP contribution in [0, 0.1) is 0 Å². The molecule has 1 atom stereocenters. The summed E-state index contributed by atoms with van der Waals surface area (Å²) in [6.45, 7) is -0.514. The maximum absolute atomic E-state index is 14.7. The van der Waals surface area contributed by atoms with E-state index in [-0.39, 0.29) is 35.5 Å². The molecular weight excluding hydrogens is 614 g/mol. The molecule has 0 aromatic heterocycles. The molecule has 0 aliphatic heterocycles. The molecule has 246 valence electrons. The van der Waals surface area contributed by atoms with Crippen LogP contribution in [-0.2, 0) is 32.6 Å². The number of anilines is 1. The maximum Gasteiger partial charge on any atom is 0.264 e. The Morgan fingerprint density at radius 2 is 1.45 bits per heavy atom. The van der Waals surface area contributed by atoms with Gasteiger partial charge in [0.25, 0.3) is 10.0 Å². The summed E-state index contributed by atoms with van der Waals surface area (Å²) in [6.07, 6.45) is 4.07. The lowest BCUT2D eigenvalue weighted by atomic mass is 10.0. The van der Waals surface area contributed by atoms with Gasteiger partial charge in [-0.1, -0.05) is 85.6 Å². The van der Waals surface area contributed by atoms with Gasteiger partial charge in [-0.2, -0.15) is 0 Å². The van der Waals surface area contributed by atoms with E-state index in [1.165, 1.54) is 24.1 Å². The van der Waals surface area contributed by atoms with Crippen LogP contribution < -0.4 is 19.1 Å². The van der Waals surface area contributed by atoms with Gasteiger partial charge in [0.15, 0.2) is 0 Å². The van der Waals surface area contributed by atoms with E-state index in [2.05, 4.69) is 5.32 Å². The Kier molecular flexibility index (Phi) is 11.2. The van der Waals surface area contributed by atoms with Crippen LogP contribution in [0.15, 0.2) is 114 Å². The van der Waals surface area contributed by atoms with E-state index in [0.29, 0.717) is 11.5 Å². The molecule has 5 rings (SSSR count). The predicted octanol–water partition coefficient (Wildman–Crippen LogP) is 5.60. The lowest BCUT2D eigenvalue weighted by Gasteiger charge is -2.34. The highest BCUT2D eigenvalue weighted by atomic mass is 32.2. The molecule has 10 heteroatoms. The van der Waals surface area contributed by atoms with Gasteiger partial charge in [0.2, 0.25) is 11.8 Å². The highest BCUT2D eigenvalue weighted by Crippen LogP contribution is 2.33. The topological polar surface area (TPSA) is 105 Å². The number of nitrogens with zero attached hydrogens (tertiary/aromatic N) is 2. The molecule has 0 heterocycles. The number of carbonyl (C=O) groups is 2. The van der Waals surface area contributed by atoms with Gasteiger partial charge in [-0.05, 0) is 60.4 Å². The van der Waals surface area contributed by atoms with Gasteiger partial charge in [-0.25, -0.2) is 8.42 Å². The van der Waals surface area contributed by atoms with Crippen molar-refractivity contribution in [3.8, 4) is 11.5 Å². The number of sulfonamides is 1. The van der Waals surface area contributed by atoms with Gasteiger partial charge in [0.05, 0.1) is 24.8 Å². The van der Waals surface area contributed by atoms with E-state index in [1.807, 2.05) is 48.5 Å². The average Bonchev–Trinajstić information content (AvgIpc) is 3.62. The van der Waals surface area contributed by atoms with E-state index in [9.17, 15) is 18.0 Å². The molecule has 47 heavy (non-hydrogen) atoms. The van der Waals surface area contributed by atoms with Crippen molar-refractivity contribution < 1.29 is 27.5 Å². The molecule has 2 amide bonds. The number of para-hydroxylation sites is 2. The van der Waals surface area contributed by atoms with Gasteiger partial charge < -0.3 is 19.7 Å². The molecule has 1 fully saturated rings. The Morgan fingerprint density at radius 1 is 0.809 bits per heavy atom. The summed E-state index contributed by atoms with van der Waals surface area (Å²) in [5.74, 6) is 0.0821. The van der Waals surface area contributed by atoms with Crippen molar-refractivity contribution in [3.63, 3.8) is 0 Å². The number of nitrogens with one attached hydrogen (secondary N) is 1. The number of carbonyl (C=O) groups excluding carboxylic acids is 2. The standard InChI is InChI=1S/C37H41N3O6S/c1-45-31-19-13-16-29(24-31)26-39(34(25-28-14-5-3-6-15-28)37(42)38-30-17-9-10-18-30)36(41)27-40(33-22-11-12-23-35(33)46-2)47(43,44)32-20-7-4-8-21-32/h3-8,11-16,19-24,30,34H,9-10,17-18,25-27H2,1-2H3,(H,38,42). The maximum atomic E-state index is 14.7. The van der Waals surface area contributed by atoms with Crippen molar-refractivity contribution in [3.05, 3.63) is 120 Å². The molecule has 4 aromatic rings. The van der Waals surface area contributed by atoms with Gasteiger partial charge >= 0.3 is 0 Å². The van der Waals surface area contributed by atoms with Crippen molar-refractivity contribution >= 4 is 27.5 Å². The molecule has 1 saturated carbocycles. The highest BCUT2D eigenvalue weighted by Gasteiger charge is 2.36. The number of hydrogen-bond donors (Lipinski definition) is 1. The zero-order valence-electron chi connectivity index (χ0n) is 26.7. The summed E-state index contributed by atoms with van der Waals surface area (Å²) < 4.78 is 40.5. The van der Waals surface area contributed by atoms with E-state index in [4.69, 9.17) is 9.47 Å². The second-order valence-electron chi connectivity index (χ2n) is 11.6. The van der Waals surface area contributed by atoms with Crippen LogP contribution in [0.25, 0.3) is 0 Å². The van der Waals surface area contributed by atoms with Crippen LogP contribution in [0.1, 0.15) is 36.8 Å². The van der Waals surface area contributed by atoms with E-state index < -0.39 is 28.5 Å². The van der Waals surface area contributed by atoms with Crippen molar-refractivity contribution in [2.24, 2.45) is 0 Å². The first-order valence-electron chi connectivity index (χ1n) is 15.8. The van der Waals surface area contributed by atoms with Crippen LogP contribution >= 0.6 is 0 Å². The first-order valence-corrected chi connectivity index (χ1v) is 17.2. The molecule has 0 spiro atoms. The molecule has 1 aliphatic carbocycles. The monoisotopic (exact) mass is 655 g/mol. The third kappa shape index (κ3) is 8.31. The SMILES string of the molecule is COc1cccc(CN(C(=O)CN(c2ccccc2OC)S(=O)(=O)c2ccccc2)C(Cc2ccccc2)C(=O)NC2CCCC2)c1. The molecule has 1 aliphatic rings. The summed E-state index contributed by atoms with van der Waals surface area (Å²) in [5.41, 5.74) is 1.82. The second kappa shape index (κ2) is 15.6. The normalized spacial score (nSPS) is 13.8. The van der Waals surface area contributed by atoms with Gasteiger partial charge in [-0.15, -0.1) is 0 Å². The second-order valence-corrected chi connectivity index (χ2v) is 13.4. The number of rotatable bonds is 14.